The Labute approximate surface area is 125 Å². The van der Waals surface area contributed by atoms with Crippen molar-refractivity contribution in [2.75, 3.05) is 0 Å². The minimum Gasteiger partial charge on any atom is -0.358 e. The first-order chi connectivity index (χ1) is 10.3. The normalized spacial score (nSPS) is 15.8. The summed E-state index contributed by atoms with van der Waals surface area (Å²) in [6.07, 6.45) is 0. The van der Waals surface area contributed by atoms with E-state index < -0.39 is 23.2 Å². The Hall–Kier alpha value is -2.80. The number of nitrogens with zero attached hydrogens (tertiary/aromatic N) is 2. The number of aliphatic hydroxyl groups is 1. The Balaban J connectivity index is 1.96. The first-order valence-electron chi connectivity index (χ1n) is 6.59. The lowest BCUT2D eigenvalue weighted by Crippen LogP contribution is -2.57. The summed E-state index contributed by atoms with van der Waals surface area (Å²) in [5, 5.41) is 16.6. The molecule has 0 fully saturated rings. The zero-order chi connectivity index (χ0) is 16.1. The highest BCUT2D eigenvalue weighted by Crippen LogP contribution is 2.28. The fourth-order valence-electron chi connectivity index (χ4n) is 2.54. The van der Waals surface area contributed by atoms with Gasteiger partial charge in [0.25, 0.3) is 11.6 Å². The highest BCUT2D eigenvalue weighted by molar-refractivity contribution is 6.32. The lowest BCUT2D eigenvalue weighted by atomic mass is 10.1. The monoisotopic (exact) mass is 299 g/mol. The van der Waals surface area contributed by atoms with E-state index in [0.717, 1.165) is 0 Å². The molecule has 0 unspecified atom stereocenters. The van der Waals surface area contributed by atoms with Crippen LogP contribution in [0.2, 0.25) is 0 Å². The molecule has 0 saturated heterocycles. The van der Waals surface area contributed by atoms with Crippen molar-refractivity contribution in [3.8, 4) is 0 Å². The highest BCUT2D eigenvalue weighted by Gasteiger charge is 2.53. The number of rotatable bonds is 2. The van der Waals surface area contributed by atoms with Gasteiger partial charge in [-0.2, -0.15) is 5.10 Å². The minimum atomic E-state index is -2.57. The fourth-order valence-corrected chi connectivity index (χ4v) is 2.54. The first kappa shape index (κ1) is 14.2. The summed E-state index contributed by atoms with van der Waals surface area (Å²) in [4.78, 5) is 36.8. The smallest absolute Gasteiger partial charge is 0.272 e. The summed E-state index contributed by atoms with van der Waals surface area (Å²) in [5.41, 5.74) is -1.64. The van der Waals surface area contributed by atoms with Gasteiger partial charge >= 0.3 is 0 Å². The van der Waals surface area contributed by atoms with Crippen LogP contribution in [-0.2, 0) is 7.05 Å². The van der Waals surface area contributed by atoms with E-state index in [0.29, 0.717) is 5.69 Å². The topological polar surface area (TPSA) is 101 Å². The van der Waals surface area contributed by atoms with E-state index in [1.807, 2.05) is 0 Å². The number of carbonyl (C=O) groups is 3. The third kappa shape index (κ3) is 1.86. The average Bonchev–Trinajstić information content (AvgIpc) is 2.91. The Kier molecular flexibility index (Phi) is 2.96. The Morgan fingerprint density at radius 1 is 1.23 bits per heavy atom. The quantitative estimate of drug-likeness (QED) is 0.610. The number of aryl methyl sites for hydroxylation is 2. The van der Waals surface area contributed by atoms with Crippen LogP contribution in [0, 0.1) is 6.92 Å². The van der Waals surface area contributed by atoms with E-state index in [9.17, 15) is 19.5 Å². The molecule has 1 aliphatic carbocycles. The number of carbonyl (C=O) groups excluding carboxylic acids is 3. The fraction of sp³-hybridized carbons (Fsp3) is 0.200. The second-order valence-electron chi connectivity index (χ2n) is 5.16. The SMILES string of the molecule is Cc1cc(C(=O)NC2(O)C(=O)c3ccccc3C2=O)n(C)n1. The number of hydrogen-bond acceptors (Lipinski definition) is 5. The maximum absolute atomic E-state index is 12.3. The molecule has 2 N–H and O–H groups in total. The van der Waals surface area contributed by atoms with Crippen molar-refractivity contribution < 1.29 is 19.5 Å². The number of Topliss-reactive ketones (excluding diaryl/α,β-unsaturated/α-hetero) is 2. The molecular formula is C15H13N3O4. The predicted molar refractivity (Wildman–Crippen MR) is 75.5 cm³/mol. The summed E-state index contributed by atoms with van der Waals surface area (Å²) in [7, 11) is 1.55. The van der Waals surface area contributed by atoms with Gasteiger partial charge in [-0.15, -0.1) is 0 Å². The number of fused-ring (bicyclic) bond motifs is 1. The molecule has 0 spiro atoms. The molecule has 1 aliphatic rings. The lowest BCUT2D eigenvalue weighted by molar-refractivity contribution is 0.0190. The lowest BCUT2D eigenvalue weighted by Gasteiger charge is -2.20. The van der Waals surface area contributed by atoms with Crippen LogP contribution in [0.3, 0.4) is 0 Å². The van der Waals surface area contributed by atoms with Gasteiger partial charge in [-0.25, -0.2) is 0 Å². The molecule has 2 aromatic rings. The molecule has 1 aromatic carbocycles. The minimum absolute atomic E-state index is 0.0940. The number of amides is 1. The van der Waals surface area contributed by atoms with Gasteiger partial charge in [-0.3, -0.25) is 19.1 Å². The third-order valence-corrected chi connectivity index (χ3v) is 3.60. The van der Waals surface area contributed by atoms with Gasteiger partial charge in [0, 0.05) is 18.2 Å². The van der Waals surface area contributed by atoms with Crippen molar-refractivity contribution in [3.05, 3.63) is 52.8 Å². The van der Waals surface area contributed by atoms with E-state index in [1.54, 1.807) is 26.1 Å². The van der Waals surface area contributed by atoms with Crippen LogP contribution < -0.4 is 5.32 Å². The molecule has 0 atom stereocenters. The van der Waals surface area contributed by atoms with Gasteiger partial charge in [0.1, 0.15) is 5.69 Å². The van der Waals surface area contributed by atoms with Gasteiger partial charge in [-0.1, -0.05) is 24.3 Å². The van der Waals surface area contributed by atoms with Crippen molar-refractivity contribution in [2.24, 2.45) is 7.05 Å². The molecule has 7 nitrogen and oxygen atoms in total. The van der Waals surface area contributed by atoms with Gasteiger partial charge in [0.05, 0.1) is 5.69 Å². The molecule has 3 rings (SSSR count). The van der Waals surface area contributed by atoms with Gasteiger partial charge in [0.2, 0.25) is 11.6 Å². The van der Waals surface area contributed by atoms with Crippen LogP contribution >= 0.6 is 0 Å². The van der Waals surface area contributed by atoms with Gasteiger partial charge in [-0.05, 0) is 13.0 Å². The van der Waals surface area contributed by atoms with Crippen LogP contribution in [0.4, 0.5) is 0 Å². The number of ketones is 2. The molecule has 1 aromatic heterocycles. The van der Waals surface area contributed by atoms with Crippen molar-refractivity contribution in [3.63, 3.8) is 0 Å². The van der Waals surface area contributed by atoms with Gasteiger partial charge in [0.15, 0.2) is 0 Å². The van der Waals surface area contributed by atoms with Crippen molar-refractivity contribution in [1.82, 2.24) is 15.1 Å². The molecule has 0 bridgehead atoms. The molecule has 0 radical (unpaired) electrons. The van der Waals surface area contributed by atoms with E-state index in [2.05, 4.69) is 10.4 Å². The second-order valence-corrected chi connectivity index (χ2v) is 5.16. The van der Waals surface area contributed by atoms with Crippen LogP contribution in [-0.4, -0.2) is 38.1 Å². The predicted octanol–water partition coefficient (Wildman–Crippen LogP) is 0.226. The molecule has 112 valence electrons. The summed E-state index contributed by atoms with van der Waals surface area (Å²) < 4.78 is 1.31. The average molecular weight is 299 g/mol. The molecule has 22 heavy (non-hydrogen) atoms. The Morgan fingerprint density at radius 3 is 2.23 bits per heavy atom. The van der Waals surface area contributed by atoms with E-state index in [4.69, 9.17) is 0 Å². The molecule has 0 saturated carbocycles. The number of nitrogens with one attached hydrogen (secondary N) is 1. The number of aromatic nitrogens is 2. The summed E-state index contributed by atoms with van der Waals surface area (Å²) >= 11 is 0. The highest BCUT2D eigenvalue weighted by atomic mass is 16.3. The maximum Gasteiger partial charge on any atom is 0.272 e. The maximum atomic E-state index is 12.3. The van der Waals surface area contributed by atoms with Crippen LogP contribution in [0.1, 0.15) is 36.9 Å². The van der Waals surface area contributed by atoms with Crippen molar-refractivity contribution in [2.45, 2.75) is 12.6 Å². The zero-order valence-corrected chi connectivity index (χ0v) is 12.0. The molecule has 7 heteroatoms. The molecular weight excluding hydrogens is 286 g/mol. The first-order valence-corrected chi connectivity index (χ1v) is 6.59. The molecule has 0 aliphatic heterocycles. The molecule has 1 heterocycles. The van der Waals surface area contributed by atoms with E-state index >= 15 is 0 Å². The molecule has 1 amide bonds. The number of benzene rings is 1. The van der Waals surface area contributed by atoms with Crippen molar-refractivity contribution >= 4 is 17.5 Å². The summed E-state index contributed by atoms with van der Waals surface area (Å²) in [6, 6.07) is 7.54. The zero-order valence-electron chi connectivity index (χ0n) is 12.0. The standard InChI is InChI=1S/C15H13N3O4/c1-8-7-11(18(2)17-8)14(21)16-15(22)12(19)9-5-3-4-6-10(9)13(15)20/h3-7,22H,1-2H3,(H,16,21). The van der Waals surface area contributed by atoms with Crippen LogP contribution in [0.15, 0.2) is 30.3 Å². The van der Waals surface area contributed by atoms with E-state index in [1.165, 1.54) is 22.9 Å². The Morgan fingerprint density at radius 2 is 1.77 bits per heavy atom. The van der Waals surface area contributed by atoms with Crippen molar-refractivity contribution in [1.29, 1.82) is 0 Å². The number of hydrogen-bond donors (Lipinski definition) is 2. The second kappa shape index (κ2) is 4.60. The largest absolute Gasteiger partial charge is 0.358 e. The van der Waals surface area contributed by atoms with Crippen LogP contribution in [0.5, 0.6) is 0 Å². The third-order valence-electron chi connectivity index (χ3n) is 3.60. The Bertz CT molecular complexity index is 787. The summed E-state index contributed by atoms with van der Waals surface area (Å²) in [5.74, 6) is -2.42. The van der Waals surface area contributed by atoms with Crippen LogP contribution in [0.25, 0.3) is 0 Å². The van der Waals surface area contributed by atoms with E-state index in [-0.39, 0.29) is 16.8 Å². The summed E-state index contributed by atoms with van der Waals surface area (Å²) in [6.45, 7) is 1.70. The van der Waals surface area contributed by atoms with Gasteiger partial charge < -0.3 is 10.4 Å².